The summed E-state index contributed by atoms with van der Waals surface area (Å²) in [5.41, 5.74) is -7.84. The third-order valence-corrected chi connectivity index (χ3v) is 17.0. The standard InChI is InChI=1S/C56H83F3N4O8/c1-47(2)25-39(51(9,10)60-47)29-68-43(64)33-19-34(44(65)69-30-40-26-48(3,4)61-52(40,11)12)22-37(21-33)55(17,56(57,58)59)38-23-35(45(66)70-31-41-27-49(5,6)62-53(41,13)14)20-36(24-38)46(67)71-32-42-28-50(7,8)63(18)54(42,15)16/h19-24,39-42,60-62H,25-32H2,1-18H3. The van der Waals surface area contributed by atoms with Gasteiger partial charge in [-0.15, -0.1) is 0 Å². The zero-order chi connectivity index (χ0) is 53.5. The predicted molar refractivity (Wildman–Crippen MR) is 269 cm³/mol. The summed E-state index contributed by atoms with van der Waals surface area (Å²) in [6.45, 7) is 33.4. The Labute approximate surface area is 421 Å². The molecule has 4 saturated heterocycles. The fourth-order valence-electron chi connectivity index (χ4n) is 12.6. The van der Waals surface area contributed by atoms with Gasteiger partial charge in [-0.25, -0.2) is 19.2 Å². The number of carbonyl (C=O) groups excluding carboxylic acids is 4. The maximum absolute atomic E-state index is 16.4. The number of rotatable bonds is 14. The molecular formula is C56H83F3N4O8. The van der Waals surface area contributed by atoms with Gasteiger partial charge in [-0.1, -0.05) is 0 Å². The topological polar surface area (TPSA) is 145 Å². The lowest BCUT2D eigenvalue weighted by Gasteiger charge is -2.38. The molecule has 71 heavy (non-hydrogen) atoms. The first kappa shape index (κ1) is 56.2. The van der Waals surface area contributed by atoms with E-state index in [1.54, 1.807) is 0 Å². The molecule has 4 aliphatic heterocycles. The molecule has 12 nitrogen and oxygen atoms in total. The highest BCUT2D eigenvalue weighted by atomic mass is 19.4. The summed E-state index contributed by atoms with van der Waals surface area (Å²) in [6.07, 6.45) is -2.44. The molecule has 396 valence electrons. The lowest BCUT2D eigenvalue weighted by atomic mass is 9.73. The van der Waals surface area contributed by atoms with Crippen LogP contribution in [0.5, 0.6) is 0 Å². The Bertz CT molecular complexity index is 2320. The zero-order valence-electron chi connectivity index (χ0n) is 45.8. The molecule has 0 spiro atoms. The molecule has 15 heteroatoms. The normalized spacial score (nSPS) is 27.4. The Morgan fingerprint density at radius 2 is 0.761 bits per heavy atom. The van der Waals surface area contributed by atoms with Crippen LogP contribution in [0.3, 0.4) is 0 Å². The summed E-state index contributed by atoms with van der Waals surface area (Å²) >= 11 is 0. The van der Waals surface area contributed by atoms with Crippen molar-refractivity contribution in [3.63, 3.8) is 0 Å². The molecule has 4 fully saturated rings. The second-order valence-corrected chi connectivity index (χ2v) is 26.4. The van der Waals surface area contributed by atoms with Gasteiger partial charge in [0.2, 0.25) is 0 Å². The Morgan fingerprint density at radius 3 is 0.972 bits per heavy atom. The maximum Gasteiger partial charge on any atom is 0.402 e. The lowest BCUT2D eigenvalue weighted by Crippen LogP contribution is -2.47. The van der Waals surface area contributed by atoms with Crippen molar-refractivity contribution < 1.29 is 51.3 Å². The maximum atomic E-state index is 16.4. The zero-order valence-corrected chi connectivity index (χ0v) is 45.8. The Hall–Kier alpha value is -4.05. The third-order valence-electron chi connectivity index (χ3n) is 17.0. The van der Waals surface area contributed by atoms with E-state index in [-0.39, 0.29) is 100 Å². The average Bonchev–Trinajstić information content (AvgIpc) is 3.76. The van der Waals surface area contributed by atoms with Crippen LogP contribution in [0.1, 0.15) is 196 Å². The van der Waals surface area contributed by atoms with E-state index in [2.05, 4.69) is 48.5 Å². The number of nitrogens with one attached hydrogen (secondary N) is 3. The first-order valence-corrected chi connectivity index (χ1v) is 25.3. The SMILES string of the molecule is CN1C(C)(C)CC(COC(=O)c2cc(C(=O)OCC3CC(C)(C)NC3(C)C)cc(C(C)(c3cc(C(=O)OCC4CC(C)(C)NC4(C)C)cc(C(=O)OCC4CC(C)(C)NC4(C)C)c3)C(F)(F)F)c2)C1(C)C. The molecular weight excluding hydrogens is 914 g/mol. The molecule has 0 radical (unpaired) electrons. The molecule has 2 aromatic carbocycles. The van der Waals surface area contributed by atoms with E-state index in [1.807, 2.05) is 90.1 Å². The smallest absolute Gasteiger partial charge is 0.402 e. The molecule has 2 aromatic rings. The summed E-state index contributed by atoms with van der Waals surface area (Å²) in [5.74, 6) is -4.19. The van der Waals surface area contributed by atoms with Gasteiger partial charge in [-0.3, -0.25) is 4.90 Å². The Kier molecular flexibility index (Phi) is 14.8. The number of ether oxygens (including phenoxy) is 4. The van der Waals surface area contributed by atoms with E-state index in [0.29, 0.717) is 25.7 Å². The molecule has 4 heterocycles. The van der Waals surface area contributed by atoms with Crippen LogP contribution in [-0.4, -0.2) is 113 Å². The number of carbonyl (C=O) groups is 4. The van der Waals surface area contributed by atoms with Gasteiger partial charge >= 0.3 is 30.1 Å². The minimum absolute atomic E-state index is 0.0213. The molecule has 6 rings (SSSR count). The molecule has 5 atom stereocenters. The van der Waals surface area contributed by atoms with E-state index < -0.39 is 63.2 Å². The summed E-state index contributed by atoms with van der Waals surface area (Å²) in [4.78, 5) is 59.0. The molecule has 0 aromatic heterocycles. The van der Waals surface area contributed by atoms with Crippen LogP contribution in [0.4, 0.5) is 13.2 Å². The monoisotopic (exact) mass is 997 g/mol. The highest BCUT2D eigenvalue weighted by Gasteiger charge is 2.55. The van der Waals surface area contributed by atoms with Crippen molar-refractivity contribution in [1.29, 1.82) is 0 Å². The van der Waals surface area contributed by atoms with Gasteiger partial charge in [0, 0.05) is 68.0 Å². The van der Waals surface area contributed by atoms with Crippen LogP contribution in [-0.2, 0) is 24.4 Å². The van der Waals surface area contributed by atoms with Crippen molar-refractivity contribution in [2.45, 2.75) is 199 Å². The number of alkyl halides is 3. The van der Waals surface area contributed by atoms with Gasteiger partial charge in [0.15, 0.2) is 0 Å². The van der Waals surface area contributed by atoms with Crippen LogP contribution < -0.4 is 16.0 Å². The van der Waals surface area contributed by atoms with Crippen molar-refractivity contribution in [3.8, 4) is 0 Å². The van der Waals surface area contributed by atoms with Crippen molar-refractivity contribution in [3.05, 3.63) is 69.8 Å². The number of benzene rings is 2. The molecule has 0 aliphatic carbocycles. The summed E-state index contributed by atoms with van der Waals surface area (Å²) in [6, 6.07) is 6.70. The van der Waals surface area contributed by atoms with Gasteiger partial charge in [-0.2, -0.15) is 13.2 Å². The van der Waals surface area contributed by atoms with E-state index >= 15 is 13.2 Å². The molecule has 3 N–H and O–H groups in total. The minimum Gasteiger partial charge on any atom is -0.462 e. The first-order valence-electron chi connectivity index (χ1n) is 25.3. The van der Waals surface area contributed by atoms with Crippen LogP contribution in [0.15, 0.2) is 36.4 Å². The first-order chi connectivity index (χ1) is 32.1. The third kappa shape index (κ3) is 11.8. The number of hydrogen-bond donors (Lipinski definition) is 3. The summed E-state index contributed by atoms with van der Waals surface area (Å²) < 4.78 is 72.8. The Morgan fingerprint density at radius 1 is 0.493 bits per heavy atom. The average molecular weight is 997 g/mol. The summed E-state index contributed by atoms with van der Waals surface area (Å²) in [7, 11) is 2.01. The fourth-order valence-corrected chi connectivity index (χ4v) is 12.6. The van der Waals surface area contributed by atoms with E-state index in [9.17, 15) is 19.2 Å². The van der Waals surface area contributed by atoms with Gasteiger partial charge in [-0.05, 0) is 198 Å². The molecule has 0 amide bonds. The van der Waals surface area contributed by atoms with Crippen LogP contribution in [0.25, 0.3) is 0 Å². The van der Waals surface area contributed by atoms with Crippen molar-refractivity contribution in [1.82, 2.24) is 20.9 Å². The van der Waals surface area contributed by atoms with Crippen LogP contribution in [0.2, 0.25) is 0 Å². The van der Waals surface area contributed by atoms with Crippen molar-refractivity contribution in [2.75, 3.05) is 33.5 Å². The van der Waals surface area contributed by atoms with Crippen LogP contribution in [0, 0.1) is 23.7 Å². The number of likely N-dealkylation sites (tertiary alicyclic amines) is 1. The predicted octanol–water partition coefficient (Wildman–Crippen LogP) is 10.2. The quantitative estimate of drug-likeness (QED) is 0.122. The molecule has 0 bridgehead atoms. The largest absolute Gasteiger partial charge is 0.462 e. The molecule has 5 unspecified atom stereocenters. The summed E-state index contributed by atoms with van der Waals surface area (Å²) in [5, 5.41) is 10.7. The van der Waals surface area contributed by atoms with Gasteiger partial charge in [0.1, 0.15) is 5.41 Å². The second kappa shape index (κ2) is 18.7. The fraction of sp³-hybridized carbons (Fsp3) is 0.714. The number of nitrogens with zero attached hydrogens (tertiary/aromatic N) is 1. The highest BCUT2D eigenvalue weighted by molar-refractivity contribution is 5.97. The number of halogens is 3. The Balaban J connectivity index is 1.43. The van der Waals surface area contributed by atoms with Gasteiger partial charge in [0.05, 0.1) is 48.7 Å². The molecule has 0 saturated carbocycles. The van der Waals surface area contributed by atoms with Gasteiger partial charge < -0.3 is 34.9 Å². The lowest BCUT2D eigenvalue weighted by molar-refractivity contribution is -0.173. The number of esters is 4. The molecule has 4 aliphatic rings. The minimum atomic E-state index is -5.15. The second-order valence-electron chi connectivity index (χ2n) is 26.4. The number of hydrogen-bond acceptors (Lipinski definition) is 12. The van der Waals surface area contributed by atoms with Crippen molar-refractivity contribution in [2.24, 2.45) is 23.7 Å². The van der Waals surface area contributed by atoms with Crippen molar-refractivity contribution >= 4 is 23.9 Å². The van der Waals surface area contributed by atoms with E-state index in [1.165, 1.54) is 12.1 Å². The van der Waals surface area contributed by atoms with Gasteiger partial charge in [0.25, 0.3) is 0 Å². The van der Waals surface area contributed by atoms with E-state index in [0.717, 1.165) is 31.2 Å². The highest BCUT2D eigenvalue weighted by Crippen LogP contribution is 2.48. The van der Waals surface area contributed by atoms with E-state index in [4.69, 9.17) is 18.9 Å². The van der Waals surface area contributed by atoms with Crippen LogP contribution >= 0.6 is 0 Å².